The van der Waals surface area contributed by atoms with Gasteiger partial charge in [-0.2, -0.15) is 0 Å². The third-order valence-corrected chi connectivity index (χ3v) is 2.28. The Morgan fingerprint density at radius 2 is 2.07 bits per heavy atom. The van der Waals surface area contributed by atoms with Crippen LogP contribution in [0, 0.1) is 6.92 Å². The molecule has 0 fully saturated rings. The molecule has 0 aliphatic carbocycles. The molecule has 1 aromatic carbocycles. The van der Waals surface area contributed by atoms with E-state index in [2.05, 4.69) is 18.3 Å². The Balaban J connectivity index is 2.21. The maximum Gasteiger partial charge on any atom is 0.303 e. The lowest BCUT2D eigenvalue weighted by atomic mass is 10.2. The van der Waals surface area contributed by atoms with E-state index in [1.165, 1.54) is 5.56 Å². The monoisotopic (exact) mass is 207 g/mol. The van der Waals surface area contributed by atoms with E-state index in [1.54, 1.807) is 0 Å². The summed E-state index contributed by atoms with van der Waals surface area (Å²) < 4.78 is 0. The molecule has 2 N–H and O–H groups in total. The van der Waals surface area contributed by atoms with E-state index in [0.29, 0.717) is 0 Å². The van der Waals surface area contributed by atoms with Gasteiger partial charge in [-0.25, -0.2) is 0 Å². The van der Waals surface area contributed by atoms with Crippen molar-refractivity contribution in [3.8, 4) is 0 Å². The number of carbonyl (C=O) groups is 1. The Kier molecular flexibility index (Phi) is 4.68. The highest BCUT2D eigenvalue weighted by molar-refractivity contribution is 5.66. The van der Waals surface area contributed by atoms with Gasteiger partial charge in [-0.05, 0) is 31.4 Å². The summed E-state index contributed by atoms with van der Waals surface area (Å²) in [5, 5.41) is 11.7. The second-order valence-electron chi connectivity index (χ2n) is 3.59. The SMILES string of the molecule is Cc1ccccc1NCCCCC(=O)O. The van der Waals surface area contributed by atoms with E-state index in [0.717, 1.165) is 25.1 Å². The molecule has 0 aromatic heterocycles. The van der Waals surface area contributed by atoms with Crippen LogP contribution in [0.25, 0.3) is 0 Å². The molecular weight excluding hydrogens is 190 g/mol. The zero-order valence-corrected chi connectivity index (χ0v) is 8.99. The highest BCUT2D eigenvalue weighted by Crippen LogP contribution is 2.12. The van der Waals surface area contributed by atoms with Crippen LogP contribution in [0.4, 0.5) is 5.69 Å². The maximum absolute atomic E-state index is 10.3. The molecule has 1 rings (SSSR count). The summed E-state index contributed by atoms with van der Waals surface area (Å²) >= 11 is 0. The minimum atomic E-state index is -0.717. The van der Waals surface area contributed by atoms with Gasteiger partial charge in [0.1, 0.15) is 0 Å². The average Bonchev–Trinajstić information content (AvgIpc) is 2.20. The van der Waals surface area contributed by atoms with Crippen LogP contribution in [0.1, 0.15) is 24.8 Å². The number of nitrogens with one attached hydrogen (secondary N) is 1. The predicted octanol–water partition coefficient (Wildman–Crippen LogP) is 2.66. The first-order valence-electron chi connectivity index (χ1n) is 5.21. The summed E-state index contributed by atoms with van der Waals surface area (Å²) in [6, 6.07) is 8.09. The third-order valence-electron chi connectivity index (χ3n) is 2.28. The van der Waals surface area contributed by atoms with Gasteiger partial charge in [0.25, 0.3) is 0 Å². The molecule has 0 amide bonds. The van der Waals surface area contributed by atoms with Crippen molar-refractivity contribution in [2.45, 2.75) is 26.2 Å². The van der Waals surface area contributed by atoms with Crippen molar-refractivity contribution in [2.24, 2.45) is 0 Å². The van der Waals surface area contributed by atoms with Crippen molar-refractivity contribution in [1.82, 2.24) is 0 Å². The molecule has 15 heavy (non-hydrogen) atoms. The number of carboxylic acids is 1. The topological polar surface area (TPSA) is 49.3 Å². The first-order chi connectivity index (χ1) is 7.20. The largest absolute Gasteiger partial charge is 0.481 e. The van der Waals surface area contributed by atoms with E-state index in [-0.39, 0.29) is 6.42 Å². The van der Waals surface area contributed by atoms with E-state index < -0.39 is 5.97 Å². The number of carboxylic acid groups (broad SMARTS) is 1. The number of anilines is 1. The van der Waals surface area contributed by atoms with Crippen molar-refractivity contribution in [2.75, 3.05) is 11.9 Å². The lowest BCUT2D eigenvalue weighted by Crippen LogP contribution is -2.04. The highest BCUT2D eigenvalue weighted by atomic mass is 16.4. The van der Waals surface area contributed by atoms with Gasteiger partial charge in [-0.15, -0.1) is 0 Å². The molecule has 3 heteroatoms. The fourth-order valence-corrected chi connectivity index (χ4v) is 1.40. The molecule has 82 valence electrons. The van der Waals surface area contributed by atoms with Crippen LogP contribution in [0.2, 0.25) is 0 Å². The van der Waals surface area contributed by atoms with Gasteiger partial charge in [0.2, 0.25) is 0 Å². The molecule has 0 radical (unpaired) electrons. The number of benzene rings is 1. The number of unbranched alkanes of at least 4 members (excludes halogenated alkanes) is 1. The van der Waals surface area contributed by atoms with Gasteiger partial charge in [-0.1, -0.05) is 18.2 Å². The second kappa shape index (κ2) is 6.06. The first-order valence-corrected chi connectivity index (χ1v) is 5.21. The Morgan fingerprint density at radius 3 is 2.73 bits per heavy atom. The lowest BCUT2D eigenvalue weighted by molar-refractivity contribution is -0.137. The molecule has 1 aromatic rings. The van der Waals surface area contributed by atoms with E-state index in [1.807, 2.05) is 18.2 Å². The molecule has 0 aliphatic rings. The molecule has 0 spiro atoms. The van der Waals surface area contributed by atoms with Gasteiger partial charge in [-0.3, -0.25) is 4.79 Å². The fraction of sp³-hybridized carbons (Fsp3) is 0.417. The molecule has 0 saturated heterocycles. The summed E-state index contributed by atoms with van der Waals surface area (Å²) in [5.74, 6) is -0.717. The summed E-state index contributed by atoms with van der Waals surface area (Å²) in [6.07, 6.45) is 1.88. The molecule has 0 atom stereocenters. The van der Waals surface area contributed by atoms with Crippen LogP contribution in [0.5, 0.6) is 0 Å². The van der Waals surface area contributed by atoms with Gasteiger partial charge in [0, 0.05) is 18.7 Å². The number of para-hydroxylation sites is 1. The van der Waals surface area contributed by atoms with Crippen LogP contribution in [0.15, 0.2) is 24.3 Å². The Labute approximate surface area is 90.1 Å². The third kappa shape index (κ3) is 4.49. The first kappa shape index (κ1) is 11.6. The number of hydrogen-bond donors (Lipinski definition) is 2. The highest BCUT2D eigenvalue weighted by Gasteiger charge is 1.97. The lowest BCUT2D eigenvalue weighted by Gasteiger charge is -2.08. The fourth-order valence-electron chi connectivity index (χ4n) is 1.40. The van der Waals surface area contributed by atoms with Crippen molar-refractivity contribution >= 4 is 11.7 Å². The van der Waals surface area contributed by atoms with E-state index in [9.17, 15) is 4.79 Å². The van der Waals surface area contributed by atoms with Gasteiger partial charge in [0.15, 0.2) is 0 Å². The van der Waals surface area contributed by atoms with Gasteiger partial charge < -0.3 is 10.4 Å². The standard InChI is InChI=1S/C12H17NO2/c1-10-6-2-3-7-11(10)13-9-5-4-8-12(14)15/h2-3,6-7,13H,4-5,8-9H2,1H3,(H,14,15). The number of hydrogen-bond acceptors (Lipinski definition) is 2. The number of aliphatic carboxylic acids is 1. The molecule has 0 aliphatic heterocycles. The smallest absolute Gasteiger partial charge is 0.303 e. The molecule has 0 bridgehead atoms. The molecule has 3 nitrogen and oxygen atoms in total. The van der Waals surface area contributed by atoms with E-state index in [4.69, 9.17) is 5.11 Å². The summed E-state index contributed by atoms with van der Waals surface area (Å²) in [7, 11) is 0. The Hall–Kier alpha value is -1.51. The molecular formula is C12H17NO2. The zero-order chi connectivity index (χ0) is 11.1. The molecule has 0 saturated carbocycles. The van der Waals surface area contributed by atoms with E-state index >= 15 is 0 Å². The van der Waals surface area contributed by atoms with Crippen molar-refractivity contribution in [1.29, 1.82) is 0 Å². The van der Waals surface area contributed by atoms with Crippen LogP contribution in [-0.4, -0.2) is 17.6 Å². The Morgan fingerprint density at radius 1 is 1.33 bits per heavy atom. The maximum atomic E-state index is 10.3. The zero-order valence-electron chi connectivity index (χ0n) is 8.99. The van der Waals surface area contributed by atoms with Gasteiger partial charge in [0.05, 0.1) is 0 Å². The number of rotatable bonds is 6. The normalized spacial score (nSPS) is 9.93. The van der Waals surface area contributed by atoms with Crippen LogP contribution in [-0.2, 0) is 4.79 Å². The van der Waals surface area contributed by atoms with Crippen LogP contribution >= 0.6 is 0 Å². The van der Waals surface area contributed by atoms with Crippen molar-refractivity contribution in [3.05, 3.63) is 29.8 Å². The van der Waals surface area contributed by atoms with Crippen molar-refractivity contribution in [3.63, 3.8) is 0 Å². The molecule has 0 heterocycles. The Bertz CT molecular complexity index is 323. The van der Waals surface area contributed by atoms with Gasteiger partial charge >= 0.3 is 5.97 Å². The summed E-state index contributed by atoms with van der Waals surface area (Å²) in [4.78, 5) is 10.3. The van der Waals surface area contributed by atoms with Crippen LogP contribution < -0.4 is 5.32 Å². The van der Waals surface area contributed by atoms with Crippen molar-refractivity contribution < 1.29 is 9.90 Å². The van der Waals surface area contributed by atoms with Crippen LogP contribution in [0.3, 0.4) is 0 Å². The minimum Gasteiger partial charge on any atom is -0.481 e. The summed E-state index contributed by atoms with van der Waals surface area (Å²) in [6.45, 7) is 2.89. The quantitative estimate of drug-likeness (QED) is 0.705. The average molecular weight is 207 g/mol. The minimum absolute atomic E-state index is 0.259. The second-order valence-corrected chi connectivity index (χ2v) is 3.59. The number of aryl methyl sites for hydroxylation is 1. The summed E-state index contributed by atoms with van der Waals surface area (Å²) in [5.41, 5.74) is 2.35. The predicted molar refractivity (Wildman–Crippen MR) is 61.2 cm³/mol. The molecule has 0 unspecified atom stereocenters.